The highest BCUT2D eigenvalue weighted by Crippen LogP contribution is 2.40. The van der Waals surface area contributed by atoms with Crippen molar-refractivity contribution in [2.45, 2.75) is 63.5 Å². The summed E-state index contributed by atoms with van der Waals surface area (Å²) >= 11 is 0. The van der Waals surface area contributed by atoms with Crippen LogP contribution >= 0.6 is 0 Å². The van der Waals surface area contributed by atoms with Gasteiger partial charge in [0.1, 0.15) is 28.8 Å². The molecule has 13 nitrogen and oxygen atoms in total. The van der Waals surface area contributed by atoms with Gasteiger partial charge in [-0.2, -0.15) is 5.10 Å². The number of nitrogens with zero attached hydrogens (tertiary/aromatic N) is 5. The molecule has 2 amide bonds. The van der Waals surface area contributed by atoms with Crippen LogP contribution in [0.1, 0.15) is 61.1 Å². The maximum absolute atomic E-state index is 13.5. The maximum Gasteiger partial charge on any atom is 0.276 e. The summed E-state index contributed by atoms with van der Waals surface area (Å²) in [4.78, 5) is 42.3. The number of aromatic nitrogens is 3. The summed E-state index contributed by atoms with van der Waals surface area (Å²) in [7, 11) is 6.86. The van der Waals surface area contributed by atoms with Gasteiger partial charge in [0.2, 0.25) is 11.8 Å². The van der Waals surface area contributed by atoms with Crippen LogP contribution in [-0.2, 0) is 29.6 Å². The third-order valence-electron chi connectivity index (χ3n) is 12.9. The Morgan fingerprint density at radius 1 is 0.800 bits per heavy atom. The van der Waals surface area contributed by atoms with Crippen LogP contribution in [-0.4, -0.2) is 103 Å². The molecule has 2 aromatic heterocycles. The first-order chi connectivity index (χ1) is 29.2. The number of nitrogens with one attached hydrogen (secondary N) is 2. The van der Waals surface area contributed by atoms with Crippen LogP contribution < -0.4 is 30.4 Å². The Kier molecular flexibility index (Phi) is 12.5. The molecule has 3 saturated heterocycles. The van der Waals surface area contributed by atoms with Crippen molar-refractivity contribution in [1.29, 1.82) is 0 Å². The molecule has 13 heteroatoms. The van der Waals surface area contributed by atoms with Crippen LogP contribution in [0.4, 0.5) is 5.69 Å². The zero-order valence-corrected chi connectivity index (χ0v) is 35.2. The van der Waals surface area contributed by atoms with E-state index in [1.807, 2.05) is 30.5 Å². The quantitative estimate of drug-likeness (QED) is 0.132. The minimum atomic E-state index is -0.365. The molecular formula is C47H57N7O6. The van der Waals surface area contributed by atoms with Crippen LogP contribution in [0.2, 0.25) is 0 Å². The third-order valence-corrected chi connectivity index (χ3v) is 12.9. The van der Waals surface area contributed by atoms with Gasteiger partial charge in [0.15, 0.2) is 0 Å². The van der Waals surface area contributed by atoms with Crippen molar-refractivity contribution in [3.8, 4) is 28.4 Å². The summed E-state index contributed by atoms with van der Waals surface area (Å²) in [6.07, 6.45) is 9.97. The molecule has 0 radical (unpaired) electrons. The van der Waals surface area contributed by atoms with E-state index < -0.39 is 0 Å². The number of benzene rings is 3. The number of hydrogen-bond donors (Lipinski definition) is 2. The van der Waals surface area contributed by atoms with E-state index in [0.717, 1.165) is 122 Å². The van der Waals surface area contributed by atoms with E-state index in [9.17, 15) is 14.4 Å². The highest BCUT2D eigenvalue weighted by molar-refractivity contribution is 6.01. The van der Waals surface area contributed by atoms with E-state index in [1.54, 1.807) is 43.8 Å². The van der Waals surface area contributed by atoms with Crippen molar-refractivity contribution in [2.75, 3.05) is 65.9 Å². The Balaban J connectivity index is 0.843. The molecule has 3 fully saturated rings. The molecule has 5 heterocycles. The molecule has 1 unspecified atom stereocenters. The molecule has 0 saturated carbocycles. The Morgan fingerprint density at radius 2 is 1.45 bits per heavy atom. The van der Waals surface area contributed by atoms with Gasteiger partial charge < -0.3 is 33.9 Å². The van der Waals surface area contributed by atoms with Crippen molar-refractivity contribution < 1.29 is 23.8 Å². The van der Waals surface area contributed by atoms with Gasteiger partial charge >= 0.3 is 0 Å². The van der Waals surface area contributed by atoms with Gasteiger partial charge in [-0.1, -0.05) is 24.3 Å². The molecule has 0 aliphatic carbocycles. The number of pyridine rings is 1. The minimum Gasteiger partial charge on any atom is -0.497 e. The highest BCUT2D eigenvalue weighted by Gasteiger charge is 2.28. The topological polar surface area (TPSA) is 132 Å². The molecule has 3 aromatic carbocycles. The number of imide groups is 1. The van der Waals surface area contributed by atoms with Gasteiger partial charge in [0, 0.05) is 55.0 Å². The van der Waals surface area contributed by atoms with Crippen LogP contribution in [0.3, 0.4) is 0 Å². The van der Waals surface area contributed by atoms with E-state index in [0.29, 0.717) is 36.7 Å². The molecule has 0 spiro atoms. The summed E-state index contributed by atoms with van der Waals surface area (Å²) < 4.78 is 20.8. The number of amides is 2. The molecule has 0 bridgehead atoms. The first kappa shape index (κ1) is 41.1. The first-order valence-electron chi connectivity index (χ1n) is 21.3. The van der Waals surface area contributed by atoms with Crippen LogP contribution in [0.5, 0.6) is 17.2 Å². The Labute approximate surface area is 351 Å². The van der Waals surface area contributed by atoms with Crippen molar-refractivity contribution in [3.63, 3.8) is 0 Å². The average Bonchev–Trinajstić information content (AvgIpc) is 3.70. The Morgan fingerprint density at radius 3 is 2.07 bits per heavy atom. The average molecular weight is 816 g/mol. The highest BCUT2D eigenvalue weighted by atomic mass is 16.5. The van der Waals surface area contributed by atoms with Gasteiger partial charge in [-0.15, -0.1) is 0 Å². The number of likely N-dealkylation sites (tertiary alicyclic amines) is 2. The van der Waals surface area contributed by atoms with Gasteiger partial charge in [-0.05, 0) is 130 Å². The fraction of sp³-hybridized carbons (Fsp3) is 0.447. The molecule has 60 heavy (non-hydrogen) atoms. The van der Waals surface area contributed by atoms with Gasteiger partial charge in [0.05, 0.1) is 34.1 Å². The summed E-state index contributed by atoms with van der Waals surface area (Å²) in [5.41, 5.74) is 6.62. The number of piperidine rings is 3. The van der Waals surface area contributed by atoms with E-state index in [4.69, 9.17) is 14.2 Å². The van der Waals surface area contributed by atoms with Crippen molar-refractivity contribution in [1.82, 2.24) is 29.5 Å². The number of aryl methyl sites for hydroxylation is 1. The largest absolute Gasteiger partial charge is 0.497 e. The SMILES string of the molecule is COc1ccc(Cn2ncc3c(-c4cc(OC)c(CC5CCN(CCN6CCC(c7ccc(NC8CCC(=O)NC8=O)cc7)CC6)CC5)c(OC)c4)cn(C)c(=O)c32)cc1. The first-order valence-corrected chi connectivity index (χ1v) is 21.3. The van der Waals surface area contributed by atoms with E-state index in [-0.39, 0.29) is 23.4 Å². The number of hydrogen-bond acceptors (Lipinski definition) is 10. The molecule has 2 N–H and O–H groups in total. The fourth-order valence-electron chi connectivity index (χ4n) is 9.25. The summed E-state index contributed by atoms with van der Waals surface area (Å²) in [6.45, 7) is 7.01. The lowest BCUT2D eigenvalue weighted by Gasteiger charge is -2.36. The van der Waals surface area contributed by atoms with Crippen LogP contribution in [0.15, 0.2) is 77.9 Å². The van der Waals surface area contributed by atoms with Crippen molar-refractivity contribution in [2.24, 2.45) is 13.0 Å². The van der Waals surface area contributed by atoms with E-state index >= 15 is 0 Å². The number of anilines is 1. The summed E-state index contributed by atoms with van der Waals surface area (Å²) in [6, 6.07) is 20.1. The lowest BCUT2D eigenvalue weighted by Crippen LogP contribution is -2.47. The predicted octanol–water partition coefficient (Wildman–Crippen LogP) is 5.83. The summed E-state index contributed by atoms with van der Waals surface area (Å²) in [5.74, 6) is 2.99. The fourth-order valence-corrected chi connectivity index (χ4v) is 9.25. The zero-order chi connectivity index (χ0) is 41.8. The smallest absolute Gasteiger partial charge is 0.276 e. The monoisotopic (exact) mass is 815 g/mol. The normalized spacial score (nSPS) is 18.4. The van der Waals surface area contributed by atoms with Gasteiger partial charge in [0.25, 0.3) is 5.56 Å². The van der Waals surface area contributed by atoms with Crippen LogP contribution in [0.25, 0.3) is 22.0 Å². The molecule has 8 rings (SSSR count). The maximum atomic E-state index is 13.5. The Bertz CT molecular complexity index is 2330. The number of fused-ring (bicyclic) bond motifs is 1. The molecule has 316 valence electrons. The molecule has 1 atom stereocenters. The second kappa shape index (κ2) is 18.3. The zero-order valence-electron chi connectivity index (χ0n) is 35.2. The van der Waals surface area contributed by atoms with Crippen molar-refractivity contribution >= 4 is 28.4 Å². The third kappa shape index (κ3) is 9.07. The minimum absolute atomic E-state index is 0.103. The molecule has 3 aliphatic rings. The van der Waals surface area contributed by atoms with E-state index in [2.05, 4.69) is 61.9 Å². The standard InChI is InChI=1S/C47H57N7O6/c1-51-30-40(39-28-48-54(45(39)47(51)57)29-32-5-11-37(58-2)12-6-32)35-26-42(59-3)38(43(27-35)60-4)25-31-15-19-52(20-16-31)23-24-53-21-17-34(18-22-53)33-7-9-36(10-8-33)49-41-13-14-44(55)50-46(41)56/h5-12,26-28,30-31,34,41,49H,13-25,29H2,1-4H3,(H,50,55,56). The molecule has 5 aromatic rings. The number of methoxy groups -OCH3 is 3. The number of carbonyl (C=O) groups is 2. The number of ether oxygens (including phenoxy) is 3. The van der Waals surface area contributed by atoms with Crippen LogP contribution in [0, 0.1) is 5.92 Å². The lowest BCUT2D eigenvalue weighted by molar-refractivity contribution is -0.133. The number of carbonyl (C=O) groups excluding carboxylic acids is 2. The Hall–Kier alpha value is -5.66. The summed E-state index contributed by atoms with van der Waals surface area (Å²) in [5, 5.41) is 11.2. The predicted molar refractivity (Wildman–Crippen MR) is 233 cm³/mol. The second-order valence-corrected chi connectivity index (χ2v) is 16.6. The van der Waals surface area contributed by atoms with Gasteiger partial charge in [-0.3, -0.25) is 24.4 Å². The van der Waals surface area contributed by atoms with E-state index in [1.165, 1.54) is 5.56 Å². The second-order valence-electron chi connectivity index (χ2n) is 16.6. The number of rotatable bonds is 14. The molecule has 3 aliphatic heterocycles. The lowest BCUT2D eigenvalue weighted by atomic mass is 9.88. The van der Waals surface area contributed by atoms with Gasteiger partial charge in [-0.25, -0.2) is 0 Å². The molecular weight excluding hydrogens is 759 g/mol. The van der Waals surface area contributed by atoms with Crippen molar-refractivity contribution in [3.05, 3.63) is 100 Å².